The monoisotopic (exact) mass is 223 g/mol. The summed E-state index contributed by atoms with van der Waals surface area (Å²) in [4.78, 5) is 0. The smallest absolute Gasteiger partial charge is 0.316 e. The molecule has 0 aromatic carbocycles. The van der Waals surface area contributed by atoms with Crippen molar-refractivity contribution in [3.05, 3.63) is 0 Å². The quantitative estimate of drug-likeness (QED) is 0.558. The first-order valence-electron chi connectivity index (χ1n) is 4.05. The highest BCUT2D eigenvalue weighted by Gasteiger charge is 2.27. The third-order valence-corrected chi connectivity index (χ3v) is 1.40. The van der Waals surface area contributed by atoms with Gasteiger partial charge in [-0.25, -0.2) is 0 Å². The van der Waals surface area contributed by atoms with E-state index in [1.807, 2.05) is 0 Å². The molecule has 0 rings (SSSR count). The predicted octanol–water partition coefficient (Wildman–Crippen LogP) is 2.87. The second-order valence-corrected chi connectivity index (χ2v) is 2.83. The highest BCUT2D eigenvalue weighted by molar-refractivity contribution is 4.57. The Morgan fingerprint density at radius 1 is 0.714 bits per heavy atom. The van der Waals surface area contributed by atoms with E-state index in [2.05, 4.69) is 5.32 Å². The van der Waals surface area contributed by atoms with Crippen LogP contribution in [0.3, 0.4) is 0 Å². The summed E-state index contributed by atoms with van der Waals surface area (Å²) in [7, 11) is 0. The zero-order chi connectivity index (χ0) is 11.2. The molecule has 0 saturated carbocycles. The Morgan fingerprint density at radius 2 is 1.21 bits per heavy atom. The molecular formula is C7H11F6N. The second-order valence-electron chi connectivity index (χ2n) is 2.83. The van der Waals surface area contributed by atoms with Crippen molar-refractivity contribution >= 4 is 0 Å². The van der Waals surface area contributed by atoms with Gasteiger partial charge >= 0.3 is 12.4 Å². The van der Waals surface area contributed by atoms with Gasteiger partial charge in [0.2, 0.25) is 0 Å². The first-order valence-corrected chi connectivity index (χ1v) is 4.05. The van der Waals surface area contributed by atoms with E-state index in [-0.39, 0.29) is 19.5 Å². The summed E-state index contributed by atoms with van der Waals surface area (Å²) in [6, 6.07) is 0. The van der Waals surface area contributed by atoms with Crippen LogP contribution in [0.1, 0.15) is 19.3 Å². The normalized spacial score (nSPS) is 13.3. The van der Waals surface area contributed by atoms with E-state index in [1.54, 1.807) is 0 Å². The van der Waals surface area contributed by atoms with Crippen molar-refractivity contribution in [1.82, 2.24) is 5.32 Å². The third-order valence-electron chi connectivity index (χ3n) is 1.40. The van der Waals surface area contributed by atoms with Crippen LogP contribution in [-0.2, 0) is 0 Å². The van der Waals surface area contributed by atoms with Gasteiger partial charge in [-0.3, -0.25) is 0 Å². The summed E-state index contributed by atoms with van der Waals surface area (Å²) < 4.78 is 69.2. The Labute approximate surface area is 77.5 Å². The lowest BCUT2D eigenvalue weighted by Gasteiger charge is -2.08. The van der Waals surface area contributed by atoms with Gasteiger partial charge in [-0.1, -0.05) is 0 Å². The summed E-state index contributed by atoms with van der Waals surface area (Å²) in [5.41, 5.74) is 0. The van der Waals surface area contributed by atoms with Gasteiger partial charge in [0.1, 0.15) is 0 Å². The maximum atomic E-state index is 11.5. The Kier molecular flexibility index (Phi) is 5.25. The van der Waals surface area contributed by atoms with E-state index < -0.39 is 25.2 Å². The molecule has 0 bridgehead atoms. The van der Waals surface area contributed by atoms with E-state index in [9.17, 15) is 26.3 Å². The van der Waals surface area contributed by atoms with Crippen LogP contribution < -0.4 is 5.32 Å². The fourth-order valence-electron chi connectivity index (χ4n) is 0.769. The zero-order valence-corrected chi connectivity index (χ0v) is 7.30. The van der Waals surface area contributed by atoms with Crippen LogP contribution in [-0.4, -0.2) is 25.4 Å². The van der Waals surface area contributed by atoms with Crippen molar-refractivity contribution in [1.29, 1.82) is 0 Å². The van der Waals surface area contributed by atoms with Crippen LogP contribution in [0, 0.1) is 0 Å². The van der Waals surface area contributed by atoms with Crippen molar-refractivity contribution in [2.45, 2.75) is 31.6 Å². The number of hydrogen-bond acceptors (Lipinski definition) is 1. The Hall–Kier alpha value is -0.460. The number of alkyl halides is 6. The molecule has 0 saturated heterocycles. The predicted molar refractivity (Wildman–Crippen MR) is 38.8 cm³/mol. The largest absolute Gasteiger partial charge is 0.390 e. The van der Waals surface area contributed by atoms with Crippen molar-refractivity contribution in [2.75, 3.05) is 13.1 Å². The molecule has 0 aliphatic rings. The average molecular weight is 223 g/mol. The molecule has 0 aromatic rings. The highest BCUT2D eigenvalue weighted by Crippen LogP contribution is 2.21. The Bertz CT molecular complexity index is 131. The minimum absolute atomic E-state index is 0.0460. The van der Waals surface area contributed by atoms with Gasteiger partial charge in [0.05, 0.1) is 6.42 Å². The maximum absolute atomic E-state index is 11.5. The second kappa shape index (κ2) is 5.43. The van der Waals surface area contributed by atoms with Gasteiger partial charge < -0.3 is 5.32 Å². The SMILES string of the molecule is FC(F)(F)CCCNCCC(F)(F)F. The molecule has 14 heavy (non-hydrogen) atoms. The fraction of sp³-hybridized carbons (Fsp3) is 1.00. The van der Waals surface area contributed by atoms with Crippen molar-refractivity contribution in [2.24, 2.45) is 0 Å². The molecule has 0 aliphatic heterocycles. The molecule has 1 nitrogen and oxygen atoms in total. The minimum atomic E-state index is -4.25. The van der Waals surface area contributed by atoms with E-state index in [0.29, 0.717) is 0 Å². The molecule has 1 N–H and O–H groups in total. The molecule has 86 valence electrons. The molecule has 0 unspecified atom stereocenters. The molecule has 0 aliphatic carbocycles. The topological polar surface area (TPSA) is 12.0 Å². The lowest BCUT2D eigenvalue weighted by Crippen LogP contribution is -2.23. The number of hydrogen-bond donors (Lipinski definition) is 1. The van der Waals surface area contributed by atoms with Gasteiger partial charge in [0, 0.05) is 13.0 Å². The van der Waals surface area contributed by atoms with E-state index >= 15 is 0 Å². The third kappa shape index (κ3) is 11.5. The molecule has 0 aromatic heterocycles. The summed E-state index contributed by atoms with van der Waals surface area (Å²) in [6.07, 6.45) is -10.7. The first kappa shape index (κ1) is 13.5. The van der Waals surface area contributed by atoms with E-state index in [0.717, 1.165) is 0 Å². The number of rotatable bonds is 5. The van der Waals surface area contributed by atoms with Crippen LogP contribution in [0.5, 0.6) is 0 Å². The number of halogens is 6. The highest BCUT2D eigenvalue weighted by atomic mass is 19.4. The van der Waals surface area contributed by atoms with Crippen LogP contribution in [0.15, 0.2) is 0 Å². The molecular weight excluding hydrogens is 212 g/mol. The molecule has 0 fully saturated rings. The van der Waals surface area contributed by atoms with Crippen LogP contribution in [0.4, 0.5) is 26.3 Å². The summed E-state index contributed by atoms with van der Waals surface area (Å²) in [5, 5.41) is 2.29. The molecule has 0 radical (unpaired) electrons. The first-order chi connectivity index (χ1) is 6.21. The van der Waals surface area contributed by atoms with Gasteiger partial charge in [0.15, 0.2) is 0 Å². The van der Waals surface area contributed by atoms with Crippen LogP contribution in [0.25, 0.3) is 0 Å². The molecule has 0 atom stereocenters. The lowest BCUT2D eigenvalue weighted by molar-refractivity contribution is -0.137. The van der Waals surface area contributed by atoms with Gasteiger partial charge in [0.25, 0.3) is 0 Å². The summed E-state index contributed by atoms with van der Waals surface area (Å²) in [5.74, 6) is 0. The van der Waals surface area contributed by atoms with Crippen molar-refractivity contribution in [3.63, 3.8) is 0 Å². The fourth-order valence-corrected chi connectivity index (χ4v) is 0.769. The van der Waals surface area contributed by atoms with Crippen LogP contribution >= 0.6 is 0 Å². The minimum Gasteiger partial charge on any atom is -0.316 e. The zero-order valence-electron chi connectivity index (χ0n) is 7.30. The van der Waals surface area contributed by atoms with Crippen molar-refractivity contribution < 1.29 is 26.3 Å². The molecule has 0 heterocycles. The standard InChI is InChI=1S/C7H11F6N/c8-6(9,10)2-1-4-14-5-3-7(11,12)13/h14H,1-5H2. The van der Waals surface area contributed by atoms with Gasteiger partial charge in [-0.2, -0.15) is 26.3 Å². The molecule has 0 spiro atoms. The lowest BCUT2D eigenvalue weighted by atomic mass is 10.3. The maximum Gasteiger partial charge on any atom is 0.390 e. The average Bonchev–Trinajstić information content (AvgIpc) is 1.92. The van der Waals surface area contributed by atoms with Gasteiger partial charge in [-0.05, 0) is 13.0 Å². The van der Waals surface area contributed by atoms with Gasteiger partial charge in [-0.15, -0.1) is 0 Å². The Morgan fingerprint density at radius 3 is 1.64 bits per heavy atom. The Balaban J connectivity index is 3.23. The van der Waals surface area contributed by atoms with E-state index in [1.165, 1.54) is 0 Å². The molecule has 7 heteroatoms. The number of nitrogens with one attached hydrogen (secondary N) is 1. The summed E-state index contributed by atoms with van der Waals surface area (Å²) >= 11 is 0. The summed E-state index contributed by atoms with van der Waals surface area (Å²) in [6.45, 7) is -0.378. The van der Waals surface area contributed by atoms with Crippen LogP contribution in [0.2, 0.25) is 0 Å². The molecule has 0 amide bonds. The van der Waals surface area contributed by atoms with E-state index in [4.69, 9.17) is 0 Å². The van der Waals surface area contributed by atoms with Crippen molar-refractivity contribution in [3.8, 4) is 0 Å².